The van der Waals surface area contributed by atoms with Gasteiger partial charge in [-0.1, -0.05) is 30.3 Å². The Hall–Kier alpha value is -2.95. The van der Waals surface area contributed by atoms with E-state index in [4.69, 9.17) is 0 Å². The fourth-order valence-electron chi connectivity index (χ4n) is 3.89. The summed E-state index contributed by atoms with van der Waals surface area (Å²) in [6.07, 6.45) is 3.73. The lowest BCUT2D eigenvalue weighted by Gasteiger charge is -2.31. The van der Waals surface area contributed by atoms with Crippen LogP contribution in [0.1, 0.15) is 36.2 Å². The number of carbonyl (C=O) groups excluding carboxylic acids is 1. The number of nitrogens with zero attached hydrogens (tertiary/aromatic N) is 2. The van der Waals surface area contributed by atoms with Gasteiger partial charge in [-0.25, -0.2) is 4.98 Å². The smallest absolute Gasteiger partial charge is 0.258 e. The normalized spacial score (nSPS) is 13.6. The molecule has 2 aromatic carbocycles. The molecule has 4 rings (SSSR count). The highest BCUT2D eigenvalue weighted by Crippen LogP contribution is 2.31. The van der Waals surface area contributed by atoms with E-state index in [1.165, 1.54) is 5.56 Å². The summed E-state index contributed by atoms with van der Waals surface area (Å²) in [4.78, 5) is 34.3. The molecule has 5 heteroatoms. The predicted octanol–water partition coefficient (Wildman–Crippen LogP) is 3.53. The van der Waals surface area contributed by atoms with Gasteiger partial charge in [0.25, 0.3) is 5.56 Å². The monoisotopic (exact) mass is 361 g/mol. The third kappa shape index (κ3) is 3.50. The summed E-state index contributed by atoms with van der Waals surface area (Å²) in [6, 6.07) is 13.6. The maximum absolute atomic E-state index is 12.8. The molecule has 0 aliphatic carbocycles. The third-order valence-electron chi connectivity index (χ3n) is 5.19. The average molecular weight is 361 g/mol. The molecule has 1 aromatic heterocycles. The predicted molar refractivity (Wildman–Crippen MR) is 107 cm³/mol. The first-order chi connectivity index (χ1) is 13.1. The van der Waals surface area contributed by atoms with Crippen molar-refractivity contribution in [2.24, 2.45) is 0 Å². The Balaban J connectivity index is 1.45. The molecule has 0 bridgehead atoms. The van der Waals surface area contributed by atoms with E-state index in [9.17, 15) is 9.59 Å². The molecule has 0 atom stereocenters. The SMILES string of the molecule is Cc1cccc2c1N(C(=O)CCCc1nc3ccccc3c(=O)[nH]1)CCC2. The Bertz CT molecular complexity index is 1050. The fraction of sp³-hybridized carbons (Fsp3) is 0.318. The summed E-state index contributed by atoms with van der Waals surface area (Å²) in [5.41, 5.74) is 4.08. The second kappa shape index (κ2) is 7.35. The van der Waals surface area contributed by atoms with Gasteiger partial charge in [-0.15, -0.1) is 0 Å². The molecule has 1 N–H and O–H groups in total. The van der Waals surface area contributed by atoms with Gasteiger partial charge in [0.2, 0.25) is 5.91 Å². The Morgan fingerprint density at radius 1 is 1.19 bits per heavy atom. The molecule has 0 radical (unpaired) electrons. The van der Waals surface area contributed by atoms with Crippen molar-refractivity contribution in [3.05, 3.63) is 69.8 Å². The molecule has 138 valence electrons. The van der Waals surface area contributed by atoms with Gasteiger partial charge in [0, 0.05) is 25.1 Å². The Labute approximate surface area is 158 Å². The summed E-state index contributed by atoms with van der Waals surface area (Å²) in [5.74, 6) is 0.787. The van der Waals surface area contributed by atoms with Crippen LogP contribution in [0.3, 0.4) is 0 Å². The van der Waals surface area contributed by atoms with Crippen molar-refractivity contribution in [1.82, 2.24) is 9.97 Å². The first-order valence-electron chi connectivity index (χ1n) is 9.50. The molecule has 1 aliphatic heterocycles. The second-order valence-corrected chi connectivity index (χ2v) is 7.11. The Kier molecular flexibility index (Phi) is 4.75. The maximum Gasteiger partial charge on any atom is 0.258 e. The summed E-state index contributed by atoms with van der Waals surface area (Å²) >= 11 is 0. The number of carbonyl (C=O) groups is 1. The van der Waals surface area contributed by atoms with Gasteiger partial charge in [-0.2, -0.15) is 0 Å². The number of rotatable bonds is 4. The highest BCUT2D eigenvalue weighted by Gasteiger charge is 2.23. The number of aromatic nitrogens is 2. The second-order valence-electron chi connectivity index (χ2n) is 7.11. The Morgan fingerprint density at radius 2 is 2.04 bits per heavy atom. The van der Waals surface area contributed by atoms with Crippen molar-refractivity contribution in [2.75, 3.05) is 11.4 Å². The fourth-order valence-corrected chi connectivity index (χ4v) is 3.89. The maximum atomic E-state index is 12.8. The van der Waals surface area contributed by atoms with Crippen molar-refractivity contribution in [3.8, 4) is 0 Å². The average Bonchev–Trinajstić information content (AvgIpc) is 2.68. The molecular formula is C22H23N3O2. The number of benzene rings is 2. The van der Waals surface area contributed by atoms with Crippen molar-refractivity contribution in [1.29, 1.82) is 0 Å². The van der Waals surface area contributed by atoms with E-state index in [0.29, 0.717) is 36.0 Å². The number of fused-ring (bicyclic) bond motifs is 2. The molecule has 1 amide bonds. The van der Waals surface area contributed by atoms with Crippen LogP contribution in [0.5, 0.6) is 0 Å². The first-order valence-corrected chi connectivity index (χ1v) is 9.50. The van der Waals surface area contributed by atoms with Gasteiger partial charge in [-0.3, -0.25) is 9.59 Å². The first kappa shape index (κ1) is 17.5. The summed E-state index contributed by atoms with van der Waals surface area (Å²) in [6.45, 7) is 2.84. The number of H-pyrrole nitrogens is 1. The van der Waals surface area contributed by atoms with Gasteiger partial charge in [-0.05, 0) is 49.4 Å². The zero-order valence-corrected chi connectivity index (χ0v) is 15.5. The molecule has 2 heterocycles. The molecule has 0 unspecified atom stereocenters. The van der Waals surface area contributed by atoms with Crippen molar-refractivity contribution in [3.63, 3.8) is 0 Å². The number of nitrogens with one attached hydrogen (secondary N) is 1. The minimum absolute atomic E-state index is 0.123. The number of amides is 1. The van der Waals surface area contributed by atoms with E-state index in [0.717, 1.165) is 30.6 Å². The van der Waals surface area contributed by atoms with E-state index in [-0.39, 0.29) is 11.5 Å². The van der Waals surface area contributed by atoms with E-state index >= 15 is 0 Å². The van der Waals surface area contributed by atoms with E-state index in [1.807, 2.05) is 23.1 Å². The van der Waals surface area contributed by atoms with Crippen LogP contribution in [0.25, 0.3) is 10.9 Å². The van der Waals surface area contributed by atoms with Crippen LogP contribution in [-0.2, 0) is 17.6 Å². The van der Waals surface area contributed by atoms with Crippen molar-refractivity contribution < 1.29 is 4.79 Å². The van der Waals surface area contributed by atoms with Crippen LogP contribution in [0.4, 0.5) is 5.69 Å². The van der Waals surface area contributed by atoms with E-state index < -0.39 is 0 Å². The van der Waals surface area contributed by atoms with Crippen LogP contribution in [0.15, 0.2) is 47.3 Å². The molecule has 0 saturated carbocycles. The number of hydrogen-bond acceptors (Lipinski definition) is 3. The molecule has 27 heavy (non-hydrogen) atoms. The topological polar surface area (TPSA) is 66.1 Å². The van der Waals surface area contributed by atoms with Gasteiger partial charge in [0.15, 0.2) is 0 Å². The van der Waals surface area contributed by atoms with Gasteiger partial charge in [0.1, 0.15) is 5.82 Å². The zero-order valence-electron chi connectivity index (χ0n) is 15.5. The molecule has 0 saturated heterocycles. The molecule has 3 aromatic rings. The highest BCUT2D eigenvalue weighted by atomic mass is 16.2. The number of para-hydroxylation sites is 2. The van der Waals surface area contributed by atoms with Crippen LogP contribution >= 0.6 is 0 Å². The molecule has 0 spiro atoms. The molecule has 1 aliphatic rings. The molecule has 0 fully saturated rings. The highest BCUT2D eigenvalue weighted by molar-refractivity contribution is 5.95. The third-order valence-corrected chi connectivity index (χ3v) is 5.19. The Morgan fingerprint density at radius 3 is 2.93 bits per heavy atom. The number of anilines is 1. The van der Waals surface area contributed by atoms with Gasteiger partial charge < -0.3 is 9.88 Å². The number of aryl methyl sites for hydroxylation is 3. The van der Waals surface area contributed by atoms with E-state index in [1.54, 1.807) is 6.07 Å². The quantitative estimate of drug-likeness (QED) is 0.773. The standard InChI is InChI=1S/C22H23N3O2/c1-15-7-4-8-16-9-6-14-25(21(15)16)20(26)13-5-12-19-23-18-11-3-2-10-17(18)22(27)24-19/h2-4,7-8,10-11H,5-6,9,12-14H2,1H3,(H,23,24,27). The van der Waals surface area contributed by atoms with Crippen LogP contribution in [-0.4, -0.2) is 22.4 Å². The lowest BCUT2D eigenvalue weighted by Crippen LogP contribution is -2.36. The lowest BCUT2D eigenvalue weighted by molar-refractivity contribution is -0.118. The van der Waals surface area contributed by atoms with Crippen LogP contribution in [0, 0.1) is 6.92 Å². The number of aromatic amines is 1. The summed E-state index contributed by atoms with van der Waals surface area (Å²) in [5, 5.41) is 0.595. The summed E-state index contributed by atoms with van der Waals surface area (Å²) in [7, 11) is 0. The van der Waals surface area contributed by atoms with Gasteiger partial charge >= 0.3 is 0 Å². The molecule has 5 nitrogen and oxygen atoms in total. The number of hydrogen-bond donors (Lipinski definition) is 1. The van der Waals surface area contributed by atoms with Crippen LogP contribution < -0.4 is 10.5 Å². The van der Waals surface area contributed by atoms with Crippen molar-refractivity contribution >= 4 is 22.5 Å². The molecular weight excluding hydrogens is 338 g/mol. The zero-order chi connectivity index (χ0) is 18.8. The lowest BCUT2D eigenvalue weighted by atomic mass is 9.97. The van der Waals surface area contributed by atoms with Gasteiger partial charge in [0.05, 0.1) is 10.9 Å². The van der Waals surface area contributed by atoms with Crippen LogP contribution in [0.2, 0.25) is 0 Å². The summed E-state index contributed by atoms with van der Waals surface area (Å²) < 4.78 is 0. The van der Waals surface area contributed by atoms with E-state index in [2.05, 4.69) is 35.1 Å². The minimum Gasteiger partial charge on any atom is -0.312 e. The van der Waals surface area contributed by atoms with Crippen molar-refractivity contribution in [2.45, 2.75) is 39.0 Å². The largest absolute Gasteiger partial charge is 0.312 e. The minimum atomic E-state index is -0.123.